The molecular formula is C11H14N4O2S3. The van der Waals surface area contributed by atoms with Gasteiger partial charge in [-0.1, -0.05) is 11.3 Å². The fourth-order valence-electron chi connectivity index (χ4n) is 2.32. The lowest BCUT2D eigenvalue weighted by atomic mass is 9.99. The number of primary sulfonamides is 1. The van der Waals surface area contributed by atoms with Gasteiger partial charge in [-0.15, -0.1) is 11.3 Å². The third-order valence-electron chi connectivity index (χ3n) is 3.25. The van der Waals surface area contributed by atoms with Crippen molar-refractivity contribution in [2.24, 2.45) is 5.14 Å². The zero-order chi connectivity index (χ0) is 14.2. The van der Waals surface area contributed by atoms with E-state index >= 15 is 0 Å². The second-order valence-electron chi connectivity index (χ2n) is 4.66. The summed E-state index contributed by atoms with van der Waals surface area (Å²) < 4.78 is 22.7. The SMILES string of the molecule is NS(=O)(=O)c1cnc(N2CCCC(c3nccs3)C2)s1. The number of anilines is 1. The second-order valence-corrected chi connectivity index (χ2v) is 8.39. The lowest BCUT2D eigenvalue weighted by Gasteiger charge is -2.31. The lowest BCUT2D eigenvalue weighted by Crippen LogP contribution is -2.34. The Hall–Kier alpha value is -1.03. The topological polar surface area (TPSA) is 89.2 Å². The lowest BCUT2D eigenvalue weighted by molar-refractivity contribution is 0.508. The van der Waals surface area contributed by atoms with E-state index in [4.69, 9.17) is 5.14 Å². The molecule has 2 aromatic heterocycles. The molecule has 0 radical (unpaired) electrons. The summed E-state index contributed by atoms with van der Waals surface area (Å²) in [4.78, 5) is 10.7. The minimum Gasteiger partial charge on any atom is -0.347 e. The first kappa shape index (κ1) is 13.9. The van der Waals surface area contributed by atoms with Gasteiger partial charge in [-0.05, 0) is 12.8 Å². The Balaban J connectivity index is 1.79. The molecule has 0 aromatic carbocycles. The van der Waals surface area contributed by atoms with Crippen molar-refractivity contribution in [2.45, 2.75) is 23.0 Å². The highest BCUT2D eigenvalue weighted by atomic mass is 32.2. The fraction of sp³-hybridized carbons (Fsp3) is 0.455. The zero-order valence-electron chi connectivity index (χ0n) is 10.6. The van der Waals surface area contributed by atoms with Crippen LogP contribution in [0.3, 0.4) is 0 Å². The van der Waals surface area contributed by atoms with Crippen molar-refractivity contribution >= 4 is 37.8 Å². The van der Waals surface area contributed by atoms with Gasteiger partial charge < -0.3 is 4.90 Å². The minimum atomic E-state index is -3.66. The average molecular weight is 330 g/mol. The van der Waals surface area contributed by atoms with Gasteiger partial charge in [0, 0.05) is 30.6 Å². The van der Waals surface area contributed by atoms with Gasteiger partial charge in [-0.3, -0.25) is 0 Å². The molecule has 6 nitrogen and oxygen atoms in total. The van der Waals surface area contributed by atoms with E-state index in [1.54, 1.807) is 11.3 Å². The van der Waals surface area contributed by atoms with Crippen molar-refractivity contribution in [1.82, 2.24) is 9.97 Å². The monoisotopic (exact) mass is 330 g/mol. The molecule has 1 unspecified atom stereocenters. The summed E-state index contributed by atoms with van der Waals surface area (Å²) in [6.45, 7) is 1.71. The van der Waals surface area contributed by atoms with Crippen molar-refractivity contribution < 1.29 is 8.42 Å². The van der Waals surface area contributed by atoms with Crippen LogP contribution in [0.5, 0.6) is 0 Å². The molecule has 108 valence electrons. The number of aromatic nitrogens is 2. The molecule has 0 spiro atoms. The normalized spacial score (nSPS) is 20.2. The predicted molar refractivity (Wildman–Crippen MR) is 79.8 cm³/mol. The molecule has 0 bridgehead atoms. The van der Waals surface area contributed by atoms with Gasteiger partial charge in [-0.25, -0.2) is 23.5 Å². The molecule has 0 saturated carbocycles. The Morgan fingerprint density at radius 3 is 2.90 bits per heavy atom. The van der Waals surface area contributed by atoms with Crippen molar-refractivity contribution in [3.63, 3.8) is 0 Å². The van der Waals surface area contributed by atoms with Crippen molar-refractivity contribution in [2.75, 3.05) is 18.0 Å². The molecule has 1 atom stereocenters. The van der Waals surface area contributed by atoms with Gasteiger partial charge in [-0.2, -0.15) is 0 Å². The summed E-state index contributed by atoms with van der Waals surface area (Å²) in [5.41, 5.74) is 0. The maximum Gasteiger partial charge on any atom is 0.249 e. The number of hydrogen-bond donors (Lipinski definition) is 1. The Labute approximate surface area is 125 Å². The van der Waals surface area contributed by atoms with E-state index in [1.165, 1.54) is 6.20 Å². The predicted octanol–water partition coefficient (Wildman–Crippen LogP) is 1.63. The van der Waals surface area contributed by atoms with Crippen LogP contribution in [0.25, 0.3) is 0 Å². The molecule has 3 heterocycles. The van der Waals surface area contributed by atoms with E-state index in [1.807, 2.05) is 11.6 Å². The third-order valence-corrected chi connectivity index (χ3v) is 6.65. The van der Waals surface area contributed by atoms with Gasteiger partial charge >= 0.3 is 0 Å². The summed E-state index contributed by atoms with van der Waals surface area (Å²) in [6.07, 6.45) is 5.32. The summed E-state index contributed by atoms with van der Waals surface area (Å²) in [5, 5.41) is 8.96. The summed E-state index contributed by atoms with van der Waals surface area (Å²) in [7, 11) is -3.66. The van der Waals surface area contributed by atoms with E-state index in [9.17, 15) is 8.42 Å². The van der Waals surface area contributed by atoms with Crippen LogP contribution in [0.1, 0.15) is 23.8 Å². The Bertz CT molecular complexity index is 680. The summed E-state index contributed by atoms with van der Waals surface area (Å²) in [6, 6.07) is 0. The number of hydrogen-bond acceptors (Lipinski definition) is 7. The van der Waals surface area contributed by atoms with Crippen molar-refractivity contribution in [3.05, 3.63) is 22.8 Å². The van der Waals surface area contributed by atoms with Crippen LogP contribution in [-0.2, 0) is 10.0 Å². The standard InChI is InChI=1S/C11H14N4O2S3/c12-20(16,17)9-6-14-11(19-9)15-4-1-2-8(7-15)10-13-3-5-18-10/h3,5-6,8H,1-2,4,7H2,(H2,12,16,17). The van der Waals surface area contributed by atoms with Crippen LogP contribution in [-0.4, -0.2) is 31.5 Å². The van der Waals surface area contributed by atoms with E-state index in [2.05, 4.69) is 14.9 Å². The molecular weight excluding hydrogens is 316 g/mol. The first-order chi connectivity index (χ1) is 9.54. The number of piperidine rings is 1. The highest BCUT2D eigenvalue weighted by Crippen LogP contribution is 2.33. The van der Waals surface area contributed by atoms with Gasteiger partial charge in [0.15, 0.2) is 9.34 Å². The molecule has 2 N–H and O–H groups in total. The molecule has 0 aliphatic carbocycles. The van der Waals surface area contributed by atoms with Crippen LogP contribution in [0.15, 0.2) is 22.0 Å². The first-order valence-corrected chi connectivity index (χ1v) is 9.41. The van der Waals surface area contributed by atoms with Crippen LogP contribution in [0.4, 0.5) is 5.13 Å². The molecule has 2 aromatic rings. The quantitative estimate of drug-likeness (QED) is 0.924. The van der Waals surface area contributed by atoms with E-state index < -0.39 is 10.0 Å². The number of rotatable bonds is 3. The highest BCUT2D eigenvalue weighted by Gasteiger charge is 2.25. The van der Waals surface area contributed by atoms with Crippen LogP contribution >= 0.6 is 22.7 Å². The molecule has 1 fully saturated rings. The number of thiazole rings is 2. The Kier molecular flexibility index (Phi) is 3.76. The van der Waals surface area contributed by atoms with E-state index in [-0.39, 0.29) is 4.21 Å². The molecule has 3 rings (SSSR count). The van der Waals surface area contributed by atoms with Crippen molar-refractivity contribution in [1.29, 1.82) is 0 Å². The zero-order valence-corrected chi connectivity index (χ0v) is 13.0. The molecule has 1 aliphatic rings. The third kappa shape index (κ3) is 2.85. The summed E-state index contributed by atoms with van der Waals surface area (Å²) >= 11 is 2.80. The number of nitrogens with two attached hydrogens (primary N) is 1. The van der Waals surface area contributed by atoms with Crippen LogP contribution in [0, 0.1) is 0 Å². The average Bonchev–Trinajstić information content (AvgIpc) is 3.10. The highest BCUT2D eigenvalue weighted by molar-refractivity contribution is 7.91. The fourth-order valence-corrected chi connectivity index (χ4v) is 4.66. The Morgan fingerprint density at radius 2 is 2.25 bits per heavy atom. The number of sulfonamides is 1. The number of nitrogens with zero attached hydrogens (tertiary/aromatic N) is 3. The first-order valence-electron chi connectivity index (χ1n) is 6.17. The Morgan fingerprint density at radius 1 is 1.40 bits per heavy atom. The van der Waals surface area contributed by atoms with E-state index in [0.717, 1.165) is 47.4 Å². The smallest absolute Gasteiger partial charge is 0.249 e. The van der Waals surface area contributed by atoms with Crippen molar-refractivity contribution in [3.8, 4) is 0 Å². The maximum absolute atomic E-state index is 11.3. The molecule has 20 heavy (non-hydrogen) atoms. The van der Waals surface area contributed by atoms with Gasteiger partial charge in [0.25, 0.3) is 0 Å². The maximum atomic E-state index is 11.3. The van der Waals surface area contributed by atoms with Gasteiger partial charge in [0.1, 0.15) is 0 Å². The minimum absolute atomic E-state index is 0.115. The van der Waals surface area contributed by atoms with Crippen LogP contribution in [0.2, 0.25) is 0 Å². The molecule has 9 heteroatoms. The van der Waals surface area contributed by atoms with Gasteiger partial charge in [0.2, 0.25) is 10.0 Å². The van der Waals surface area contributed by atoms with Gasteiger partial charge in [0.05, 0.1) is 11.2 Å². The largest absolute Gasteiger partial charge is 0.347 e. The molecule has 1 aliphatic heterocycles. The molecule has 0 amide bonds. The molecule has 1 saturated heterocycles. The second kappa shape index (κ2) is 5.40. The van der Waals surface area contributed by atoms with E-state index in [0.29, 0.717) is 5.92 Å². The van der Waals surface area contributed by atoms with Crippen LogP contribution < -0.4 is 10.0 Å². The summed E-state index contributed by atoms with van der Waals surface area (Å²) in [5.74, 6) is 0.394.